The van der Waals surface area contributed by atoms with Crippen molar-refractivity contribution in [1.29, 1.82) is 0 Å². The lowest BCUT2D eigenvalue weighted by molar-refractivity contribution is -0.147. The first kappa shape index (κ1) is 18.2. The number of aryl methyl sites for hydroxylation is 1. The molecule has 0 aliphatic heterocycles. The summed E-state index contributed by atoms with van der Waals surface area (Å²) in [7, 11) is 0. The molecule has 0 aliphatic rings. The summed E-state index contributed by atoms with van der Waals surface area (Å²) in [6.07, 6.45) is 1.19. The number of anilines is 1. The molecule has 0 aliphatic carbocycles. The molecule has 1 N–H and O–H groups in total. The summed E-state index contributed by atoms with van der Waals surface area (Å²) in [6, 6.07) is 12.2. The zero-order valence-corrected chi connectivity index (χ0v) is 14.2. The van der Waals surface area contributed by atoms with Crippen LogP contribution in [-0.2, 0) is 20.9 Å². The number of para-hydroxylation sites is 1. The predicted molar refractivity (Wildman–Crippen MR) is 96.6 cm³/mol. The molecule has 0 fully saturated rings. The van der Waals surface area contributed by atoms with Gasteiger partial charge in [0.1, 0.15) is 5.82 Å². The van der Waals surface area contributed by atoms with E-state index >= 15 is 0 Å². The topological polar surface area (TPSA) is 90.3 Å². The molecule has 27 heavy (non-hydrogen) atoms. The minimum absolute atomic E-state index is 0.0102. The maximum absolute atomic E-state index is 12.8. The van der Waals surface area contributed by atoms with Crippen molar-refractivity contribution in [3.63, 3.8) is 0 Å². The summed E-state index contributed by atoms with van der Waals surface area (Å²) in [6.45, 7) is -0.242. The van der Waals surface area contributed by atoms with Crippen molar-refractivity contribution in [1.82, 2.24) is 9.78 Å². The number of halogens is 1. The second-order valence-corrected chi connectivity index (χ2v) is 5.71. The van der Waals surface area contributed by atoms with Gasteiger partial charge in [-0.15, -0.1) is 0 Å². The number of carbonyl (C=O) groups excluding carboxylic acids is 2. The van der Waals surface area contributed by atoms with E-state index in [1.54, 1.807) is 24.3 Å². The molecule has 0 saturated heterocycles. The Morgan fingerprint density at radius 3 is 2.63 bits per heavy atom. The van der Waals surface area contributed by atoms with Crippen LogP contribution < -0.4 is 10.7 Å². The third kappa shape index (κ3) is 4.75. The lowest BCUT2D eigenvalue weighted by atomic mass is 10.2. The highest BCUT2D eigenvalue weighted by Gasteiger charge is 2.10. The van der Waals surface area contributed by atoms with E-state index in [0.717, 1.165) is 0 Å². The van der Waals surface area contributed by atoms with E-state index < -0.39 is 24.3 Å². The number of nitrogens with zero attached hydrogens (tertiary/aromatic N) is 2. The summed E-state index contributed by atoms with van der Waals surface area (Å²) in [4.78, 5) is 35.4. The van der Waals surface area contributed by atoms with Crippen LogP contribution in [0.2, 0.25) is 0 Å². The molecule has 0 unspecified atom stereocenters. The van der Waals surface area contributed by atoms with Crippen molar-refractivity contribution in [2.75, 3.05) is 11.9 Å². The maximum atomic E-state index is 12.8. The number of amides is 1. The number of carbonyl (C=O) groups is 2. The lowest BCUT2D eigenvalue weighted by Crippen LogP contribution is -2.22. The molecule has 138 valence electrons. The molecule has 0 saturated carbocycles. The second-order valence-electron chi connectivity index (χ2n) is 5.71. The molecule has 1 amide bonds. The van der Waals surface area contributed by atoms with Crippen LogP contribution in [-0.4, -0.2) is 28.3 Å². The zero-order chi connectivity index (χ0) is 19.2. The quantitative estimate of drug-likeness (QED) is 0.672. The van der Waals surface area contributed by atoms with Crippen molar-refractivity contribution in [3.05, 3.63) is 70.8 Å². The largest absolute Gasteiger partial charge is 0.456 e. The lowest BCUT2D eigenvalue weighted by Gasteiger charge is -2.09. The highest BCUT2D eigenvalue weighted by Crippen LogP contribution is 2.09. The average molecular weight is 369 g/mol. The van der Waals surface area contributed by atoms with Gasteiger partial charge in [-0.3, -0.25) is 19.1 Å². The monoisotopic (exact) mass is 369 g/mol. The molecule has 2 aromatic carbocycles. The van der Waals surface area contributed by atoms with Crippen molar-refractivity contribution in [3.8, 4) is 0 Å². The average Bonchev–Trinajstić information content (AvgIpc) is 2.68. The number of fused-ring (bicyclic) bond motifs is 1. The minimum atomic E-state index is -0.575. The summed E-state index contributed by atoms with van der Waals surface area (Å²) in [5, 5.41) is 7.03. The standard InChI is InChI=1S/C19H16FN3O4/c20-13-5-7-14(8-6-13)22-18(25)12-27-19(26)9-10-23-16-4-2-1-3-15(16)17(24)11-21-23/h1-8,11H,9-10,12H2,(H,22,25). The highest BCUT2D eigenvalue weighted by molar-refractivity contribution is 5.92. The molecule has 3 rings (SSSR count). The van der Waals surface area contributed by atoms with Crippen LogP contribution in [0.15, 0.2) is 59.5 Å². The van der Waals surface area contributed by atoms with E-state index in [9.17, 15) is 18.8 Å². The number of nitrogens with one attached hydrogen (secondary N) is 1. The Labute approximate surface area is 153 Å². The van der Waals surface area contributed by atoms with Crippen LogP contribution in [0.1, 0.15) is 6.42 Å². The van der Waals surface area contributed by atoms with Crippen LogP contribution in [0.3, 0.4) is 0 Å². The molecule has 8 heteroatoms. The summed E-state index contributed by atoms with van der Waals surface area (Å²) >= 11 is 0. The summed E-state index contributed by atoms with van der Waals surface area (Å²) < 4.78 is 19.3. The summed E-state index contributed by atoms with van der Waals surface area (Å²) in [5.74, 6) is -1.51. The number of hydrogen-bond acceptors (Lipinski definition) is 5. The highest BCUT2D eigenvalue weighted by atomic mass is 19.1. The number of ether oxygens (including phenoxy) is 1. The number of benzene rings is 2. The Bertz CT molecular complexity index is 1030. The van der Waals surface area contributed by atoms with E-state index in [-0.39, 0.29) is 18.4 Å². The van der Waals surface area contributed by atoms with E-state index in [1.807, 2.05) is 0 Å². The van der Waals surface area contributed by atoms with Gasteiger partial charge in [0.2, 0.25) is 5.43 Å². The Kier molecular flexibility index (Phi) is 5.55. The van der Waals surface area contributed by atoms with Gasteiger partial charge in [-0.05, 0) is 36.4 Å². The zero-order valence-electron chi connectivity index (χ0n) is 14.2. The molecular formula is C19H16FN3O4. The molecule has 1 heterocycles. The Balaban J connectivity index is 1.51. The van der Waals surface area contributed by atoms with Gasteiger partial charge in [0.25, 0.3) is 5.91 Å². The number of esters is 1. The van der Waals surface area contributed by atoms with Gasteiger partial charge in [-0.25, -0.2) is 4.39 Å². The van der Waals surface area contributed by atoms with Crippen LogP contribution >= 0.6 is 0 Å². The Morgan fingerprint density at radius 2 is 1.85 bits per heavy atom. The number of hydrogen-bond donors (Lipinski definition) is 1. The van der Waals surface area contributed by atoms with Crippen molar-refractivity contribution in [2.24, 2.45) is 0 Å². The fraction of sp³-hybridized carbons (Fsp3) is 0.158. The maximum Gasteiger partial charge on any atom is 0.308 e. The SMILES string of the molecule is O=C(COC(=O)CCn1ncc(=O)c2ccccc21)Nc1ccc(F)cc1. The molecule has 0 spiro atoms. The van der Waals surface area contributed by atoms with Crippen LogP contribution in [0.25, 0.3) is 10.9 Å². The Hall–Kier alpha value is -3.55. The van der Waals surface area contributed by atoms with Crippen LogP contribution in [0.4, 0.5) is 10.1 Å². The minimum Gasteiger partial charge on any atom is -0.456 e. The molecule has 0 bridgehead atoms. The number of aromatic nitrogens is 2. The molecule has 0 atom stereocenters. The summed E-state index contributed by atoms with van der Waals surface area (Å²) in [5.41, 5.74) is 0.829. The van der Waals surface area contributed by atoms with E-state index in [4.69, 9.17) is 4.74 Å². The van der Waals surface area contributed by atoms with E-state index in [0.29, 0.717) is 16.6 Å². The Morgan fingerprint density at radius 1 is 1.11 bits per heavy atom. The second kappa shape index (κ2) is 8.22. The predicted octanol–water partition coefficient (Wildman–Crippen LogP) is 2.11. The van der Waals surface area contributed by atoms with Gasteiger partial charge in [0, 0.05) is 11.1 Å². The van der Waals surface area contributed by atoms with E-state index in [2.05, 4.69) is 10.4 Å². The third-order valence-corrected chi connectivity index (χ3v) is 3.78. The molecule has 7 nitrogen and oxygen atoms in total. The smallest absolute Gasteiger partial charge is 0.308 e. The third-order valence-electron chi connectivity index (χ3n) is 3.78. The molecular weight excluding hydrogens is 353 g/mol. The van der Waals surface area contributed by atoms with Crippen LogP contribution in [0.5, 0.6) is 0 Å². The fourth-order valence-electron chi connectivity index (χ4n) is 2.48. The van der Waals surface area contributed by atoms with Crippen molar-refractivity contribution >= 4 is 28.5 Å². The fourth-order valence-corrected chi connectivity index (χ4v) is 2.48. The van der Waals surface area contributed by atoms with Gasteiger partial charge in [0.05, 0.1) is 24.7 Å². The van der Waals surface area contributed by atoms with Gasteiger partial charge in [-0.2, -0.15) is 5.10 Å². The molecule has 0 radical (unpaired) electrons. The normalized spacial score (nSPS) is 10.6. The number of rotatable bonds is 6. The van der Waals surface area contributed by atoms with Crippen LogP contribution in [0, 0.1) is 5.82 Å². The molecule has 1 aromatic heterocycles. The first-order chi connectivity index (χ1) is 13.0. The first-order valence-electron chi connectivity index (χ1n) is 8.19. The van der Waals surface area contributed by atoms with Gasteiger partial charge >= 0.3 is 5.97 Å². The van der Waals surface area contributed by atoms with Gasteiger partial charge < -0.3 is 10.1 Å². The van der Waals surface area contributed by atoms with Gasteiger partial charge in [0.15, 0.2) is 6.61 Å². The van der Waals surface area contributed by atoms with Crippen molar-refractivity contribution < 1.29 is 18.7 Å². The molecule has 3 aromatic rings. The first-order valence-corrected chi connectivity index (χ1v) is 8.19. The van der Waals surface area contributed by atoms with Gasteiger partial charge in [-0.1, -0.05) is 12.1 Å². The van der Waals surface area contributed by atoms with E-state index in [1.165, 1.54) is 35.1 Å². The van der Waals surface area contributed by atoms with Crippen molar-refractivity contribution in [2.45, 2.75) is 13.0 Å².